The largest absolute Gasteiger partial charge is 0.494 e. The van der Waals surface area contributed by atoms with Crippen molar-refractivity contribution in [1.29, 1.82) is 0 Å². The van der Waals surface area contributed by atoms with Crippen LogP contribution in [0.15, 0.2) is 88.7 Å². The van der Waals surface area contributed by atoms with Gasteiger partial charge in [-0.15, -0.1) is 11.3 Å². The van der Waals surface area contributed by atoms with Gasteiger partial charge in [0.2, 0.25) is 15.6 Å². The normalized spacial score (nSPS) is 11.2. The van der Waals surface area contributed by atoms with E-state index in [9.17, 15) is 13.2 Å². The number of hydrogen-bond donors (Lipinski definition) is 2. The Hall–Kier alpha value is -3.62. The molecule has 174 valence electrons. The highest BCUT2D eigenvalue weighted by atomic mass is 32.2. The summed E-state index contributed by atoms with van der Waals surface area (Å²) in [6.07, 6.45) is 0. The minimum Gasteiger partial charge on any atom is -0.494 e. The number of rotatable bonds is 8. The van der Waals surface area contributed by atoms with Crippen LogP contribution in [0.4, 0.5) is 16.4 Å². The lowest BCUT2D eigenvalue weighted by atomic mass is 10.1. The van der Waals surface area contributed by atoms with Crippen molar-refractivity contribution >= 4 is 43.3 Å². The second-order valence-electron chi connectivity index (χ2n) is 7.60. The molecule has 6 nitrogen and oxygen atoms in total. The molecule has 34 heavy (non-hydrogen) atoms. The van der Waals surface area contributed by atoms with Gasteiger partial charge in [0, 0.05) is 11.3 Å². The van der Waals surface area contributed by atoms with Gasteiger partial charge in [0.15, 0.2) is 0 Å². The summed E-state index contributed by atoms with van der Waals surface area (Å²) in [5.41, 5.74) is 8.31. The van der Waals surface area contributed by atoms with Gasteiger partial charge < -0.3 is 15.8 Å². The molecule has 0 aliphatic rings. The molecule has 0 aliphatic carbocycles. The highest BCUT2D eigenvalue weighted by Crippen LogP contribution is 2.44. The molecule has 4 rings (SSSR count). The third-order valence-electron chi connectivity index (χ3n) is 5.17. The van der Waals surface area contributed by atoms with Gasteiger partial charge in [-0.05, 0) is 50.2 Å². The molecule has 3 N–H and O–H groups in total. The number of nitrogens with one attached hydrogen (secondary N) is 1. The predicted octanol–water partition coefficient (Wildman–Crippen LogP) is 5.84. The van der Waals surface area contributed by atoms with Crippen molar-refractivity contribution < 1.29 is 17.9 Å². The van der Waals surface area contributed by atoms with Gasteiger partial charge in [0.05, 0.1) is 17.2 Å². The molecule has 3 aromatic carbocycles. The lowest BCUT2D eigenvalue weighted by Crippen LogP contribution is -2.08. The van der Waals surface area contributed by atoms with Crippen LogP contribution in [0.3, 0.4) is 0 Å². The number of hydrogen-bond acceptors (Lipinski definition) is 7. The number of anilines is 3. The molecule has 0 aliphatic heterocycles. The van der Waals surface area contributed by atoms with Crippen molar-refractivity contribution in [1.82, 2.24) is 0 Å². The molecule has 1 heterocycles. The smallest absolute Gasteiger partial charge is 0.211 e. The van der Waals surface area contributed by atoms with E-state index >= 15 is 0 Å². The van der Waals surface area contributed by atoms with Crippen LogP contribution in [0, 0.1) is 6.92 Å². The molecule has 0 radical (unpaired) electrons. The fraction of sp³-hybridized carbons (Fsp3) is 0.115. The Kier molecular flexibility index (Phi) is 6.72. The fourth-order valence-corrected chi connectivity index (χ4v) is 6.37. The average Bonchev–Trinajstić information content (AvgIpc) is 3.17. The number of benzene rings is 3. The van der Waals surface area contributed by atoms with Gasteiger partial charge in [-0.1, -0.05) is 48.0 Å². The van der Waals surface area contributed by atoms with Crippen molar-refractivity contribution in [3.63, 3.8) is 0 Å². The Morgan fingerprint density at radius 2 is 1.62 bits per heavy atom. The highest BCUT2D eigenvalue weighted by Gasteiger charge is 2.31. The molecule has 4 aromatic rings. The number of nitrogen functional groups attached to an aromatic ring is 1. The number of nitrogens with two attached hydrogens (primary N) is 1. The number of carbonyl (C=O) groups is 1. The maximum atomic E-state index is 13.6. The van der Waals surface area contributed by atoms with E-state index in [1.54, 1.807) is 78.9 Å². The van der Waals surface area contributed by atoms with Gasteiger partial charge in [-0.25, -0.2) is 8.42 Å². The molecule has 0 fully saturated rings. The third kappa shape index (κ3) is 4.69. The Balaban J connectivity index is 1.83. The molecule has 0 unspecified atom stereocenters. The molecular formula is C26H24N2O4S2. The zero-order valence-electron chi connectivity index (χ0n) is 18.7. The van der Waals surface area contributed by atoms with E-state index in [1.807, 2.05) is 13.8 Å². The standard InChI is InChI=1S/C26H24N2O4S2/c1-3-32-20-13-11-19(12-14-20)28-26-25(34(30,31)21-15-9-17(2)10-16-21)22(27)24(33-26)23(29)18-7-5-4-6-8-18/h4-16,28H,3,27H2,1-2H3. The molecule has 0 spiro atoms. The van der Waals surface area contributed by atoms with Crippen LogP contribution >= 0.6 is 11.3 Å². The number of ether oxygens (including phenoxy) is 1. The minimum atomic E-state index is -4.00. The Morgan fingerprint density at radius 3 is 2.24 bits per heavy atom. The molecule has 0 bridgehead atoms. The summed E-state index contributed by atoms with van der Waals surface area (Å²) in [4.78, 5) is 13.4. The number of carbonyl (C=O) groups excluding carboxylic acids is 1. The monoisotopic (exact) mass is 492 g/mol. The number of ketones is 1. The Morgan fingerprint density at radius 1 is 0.971 bits per heavy atom. The van der Waals surface area contributed by atoms with Crippen LogP contribution in [-0.2, 0) is 9.84 Å². The number of thiophene rings is 1. The molecular weight excluding hydrogens is 468 g/mol. The van der Waals surface area contributed by atoms with E-state index in [4.69, 9.17) is 10.5 Å². The average molecular weight is 493 g/mol. The summed E-state index contributed by atoms with van der Waals surface area (Å²) < 4.78 is 32.8. The van der Waals surface area contributed by atoms with E-state index in [0.717, 1.165) is 16.9 Å². The SMILES string of the molecule is CCOc1ccc(Nc2sc(C(=O)c3ccccc3)c(N)c2S(=O)(=O)c2ccc(C)cc2)cc1. The van der Waals surface area contributed by atoms with Gasteiger partial charge in [-0.2, -0.15) is 0 Å². The maximum Gasteiger partial charge on any atom is 0.211 e. The maximum absolute atomic E-state index is 13.6. The van der Waals surface area contributed by atoms with E-state index in [1.165, 1.54) is 0 Å². The Labute approximate surface area is 202 Å². The summed E-state index contributed by atoms with van der Waals surface area (Å²) in [5, 5.41) is 3.43. The first-order chi connectivity index (χ1) is 16.3. The quantitative estimate of drug-likeness (QED) is 0.300. The van der Waals surface area contributed by atoms with Crippen LogP contribution < -0.4 is 15.8 Å². The summed E-state index contributed by atoms with van der Waals surface area (Å²) in [5.74, 6) is 0.370. The van der Waals surface area contributed by atoms with E-state index in [2.05, 4.69) is 5.32 Å². The lowest BCUT2D eigenvalue weighted by molar-refractivity contribution is 0.104. The van der Waals surface area contributed by atoms with Gasteiger partial charge in [-0.3, -0.25) is 4.79 Å². The topological polar surface area (TPSA) is 98.5 Å². The van der Waals surface area contributed by atoms with Gasteiger partial charge in [0.1, 0.15) is 20.5 Å². The zero-order chi connectivity index (χ0) is 24.3. The van der Waals surface area contributed by atoms with Crippen molar-refractivity contribution in [2.45, 2.75) is 23.6 Å². The summed E-state index contributed by atoms with van der Waals surface area (Å²) in [7, 11) is -4.00. The number of sulfone groups is 1. The second-order valence-corrected chi connectivity index (χ2v) is 10.5. The molecule has 1 aromatic heterocycles. The van der Waals surface area contributed by atoms with Crippen LogP contribution in [0.1, 0.15) is 27.7 Å². The van der Waals surface area contributed by atoms with Crippen LogP contribution in [-0.4, -0.2) is 20.8 Å². The molecule has 0 saturated heterocycles. The molecule has 0 amide bonds. The Bertz CT molecular complexity index is 1410. The molecule has 8 heteroatoms. The van der Waals surface area contributed by atoms with Crippen molar-refractivity contribution in [3.8, 4) is 5.75 Å². The first kappa shape index (κ1) is 23.5. The van der Waals surface area contributed by atoms with Crippen molar-refractivity contribution in [3.05, 3.63) is 94.9 Å². The van der Waals surface area contributed by atoms with E-state index in [0.29, 0.717) is 23.6 Å². The summed E-state index contributed by atoms with van der Waals surface area (Å²) in [6, 6.07) is 22.3. The van der Waals surface area contributed by atoms with Crippen LogP contribution in [0.5, 0.6) is 5.75 Å². The second kappa shape index (κ2) is 9.70. The summed E-state index contributed by atoms with van der Waals surface area (Å²) in [6.45, 7) is 4.32. The predicted molar refractivity (Wildman–Crippen MR) is 136 cm³/mol. The number of aryl methyl sites for hydroxylation is 1. The third-order valence-corrected chi connectivity index (χ3v) is 8.27. The van der Waals surface area contributed by atoms with Gasteiger partial charge >= 0.3 is 0 Å². The van der Waals surface area contributed by atoms with E-state index in [-0.39, 0.29) is 31.1 Å². The van der Waals surface area contributed by atoms with Crippen molar-refractivity contribution in [2.75, 3.05) is 17.7 Å². The summed E-state index contributed by atoms with van der Waals surface area (Å²) >= 11 is 1.03. The lowest BCUT2D eigenvalue weighted by Gasteiger charge is -2.10. The van der Waals surface area contributed by atoms with Crippen LogP contribution in [0.2, 0.25) is 0 Å². The van der Waals surface area contributed by atoms with Crippen molar-refractivity contribution in [2.24, 2.45) is 0 Å². The highest BCUT2D eigenvalue weighted by molar-refractivity contribution is 7.92. The fourth-order valence-electron chi connectivity index (χ4n) is 3.43. The molecule has 0 saturated carbocycles. The van der Waals surface area contributed by atoms with Gasteiger partial charge in [0.25, 0.3) is 0 Å². The first-order valence-electron chi connectivity index (χ1n) is 10.6. The minimum absolute atomic E-state index is 0.0622. The zero-order valence-corrected chi connectivity index (χ0v) is 20.4. The van der Waals surface area contributed by atoms with E-state index < -0.39 is 9.84 Å². The molecule has 0 atom stereocenters. The van der Waals surface area contributed by atoms with Crippen LogP contribution in [0.25, 0.3) is 0 Å². The first-order valence-corrected chi connectivity index (χ1v) is 12.9.